The highest BCUT2D eigenvalue weighted by atomic mass is 16.6. The summed E-state index contributed by atoms with van der Waals surface area (Å²) >= 11 is 0. The molecule has 0 unspecified atom stereocenters. The number of benzene rings is 1. The van der Waals surface area contributed by atoms with E-state index in [9.17, 15) is 9.59 Å². The van der Waals surface area contributed by atoms with Crippen LogP contribution >= 0.6 is 0 Å². The molecule has 0 saturated carbocycles. The van der Waals surface area contributed by atoms with Gasteiger partial charge in [-0.2, -0.15) is 0 Å². The first-order valence-electron chi connectivity index (χ1n) is 7.62. The van der Waals surface area contributed by atoms with E-state index in [1.165, 1.54) is 12.0 Å². The molecule has 8 heteroatoms. The van der Waals surface area contributed by atoms with Crippen LogP contribution in [-0.2, 0) is 9.53 Å². The van der Waals surface area contributed by atoms with Crippen molar-refractivity contribution in [3.05, 3.63) is 54.6 Å². The molecule has 1 aliphatic rings. The SMILES string of the molecule is COC(=O)[C@@H]1CN(C(=O)c2cn3cccnc3n2)c2ccccc2O1. The van der Waals surface area contributed by atoms with Crippen LogP contribution in [0.4, 0.5) is 5.69 Å². The number of anilines is 1. The topological polar surface area (TPSA) is 86.0 Å². The molecule has 25 heavy (non-hydrogen) atoms. The normalized spacial score (nSPS) is 16.2. The van der Waals surface area contributed by atoms with Gasteiger partial charge in [0.2, 0.25) is 11.9 Å². The van der Waals surface area contributed by atoms with Crippen LogP contribution in [0.5, 0.6) is 5.75 Å². The number of para-hydroxylation sites is 2. The number of carbonyl (C=O) groups is 2. The maximum absolute atomic E-state index is 13.0. The highest BCUT2D eigenvalue weighted by Crippen LogP contribution is 2.34. The number of carbonyl (C=O) groups excluding carboxylic acids is 2. The highest BCUT2D eigenvalue weighted by Gasteiger charge is 2.35. The number of ether oxygens (including phenoxy) is 2. The van der Waals surface area contributed by atoms with Gasteiger partial charge in [-0.1, -0.05) is 12.1 Å². The molecule has 2 aromatic heterocycles. The van der Waals surface area contributed by atoms with Crippen LogP contribution in [0.15, 0.2) is 48.9 Å². The third kappa shape index (κ3) is 2.57. The number of esters is 1. The molecular weight excluding hydrogens is 324 g/mol. The Hall–Kier alpha value is -3.42. The van der Waals surface area contributed by atoms with Crippen molar-refractivity contribution < 1.29 is 19.1 Å². The molecule has 1 atom stereocenters. The van der Waals surface area contributed by atoms with E-state index in [0.717, 1.165) is 0 Å². The molecule has 0 fully saturated rings. The summed E-state index contributed by atoms with van der Waals surface area (Å²) in [5.74, 6) is -0.00424. The van der Waals surface area contributed by atoms with Gasteiger partial charge < -0.3 is 9.47 Å². The van der Waals surface area contributed by atoms with Crippen molar-refractivity contribution in [1.29, 1.82) is 0 Å². The Morgan fingerprint density at radius 1 is 1.28 bits per heavy atom. The summed E-state index contributed by atoms with van der Waals surface area (Å²) in [5.41, 5.74) is 0.816. The maximum Gasteiger partial charge on any atom is 0.348 e. The minimum Gasteiger partial charge on any atom is -0.475 e. The standard InChI is InChI=1S/C17H14N4O4/c1-24-16(23)14-10-21(12-5-2-3-6-13(12)25-14)15(22)11-9-20-8-4-7-18-17(20)19-11/h2-9,14H,10H2,1H3/t14-/m0/s1. The number of hydrogen-bond acceptors (Lipinski definition) is 6. The molecule has 126 valence electrons. The molecule has 1 aromatic carbocycles. The van der Waals surface area contributed by atoms with Crippen LogP contribution in [0.3, 0.4) is 0 Å². The fourth-order valence-corrected chi connectivity index (χ4v) is 2.75. The lowest BCUT2D eigenvalue weighted by Gasteiger charge is -2.33. The lowest BCUT2D eigenvalue weighted by molar-refractivity contribution is -0.148. The van der Waals surface area contributed by atoms with Crippen molar-refractivity contribution in [3.8, 4) is 5.75 Å². The zero-order chi connectivity index (χ0) is 17.4. The van der Waals surface area contributed by atoms with Crippen molar-refractivity contribution in [1.82, 2.24) is 14.4 Å². The number of amides is 1. The van der Waals surface area contributed by atoms with Crippen LogP contribution in [-0.4, -0.2) is 46.0 Å². The van der Waals surface area contributed by atoms with Crippen molar-refractivity contribution in [2.45, 2.75) is 6.10 Å². The van der Waals surface area contributed by atoms with Gasteiger partial charge in [-0.25, -0.2) is 14.8 Å². The van der Waals surface area contributed by atoms with E-state index in [0.29, 0.717) is 17.2 Å². The van der Waals surface area contributed by atoms with E-state index < -0.39 is 12.1 Å². The summed E-state index contributed by atoms with van der Waals surface area (Å²) in [6.45, 7) is 0.0455. The van der Waals surface area contributed by atoms with Gasteiger partial charge in [-0.05, 0) is 18.2 Å². The second kappa shape index (κ2) is 5.90. The van der Waals surface area contributed by atoms with Crippen LogP contribution in [0.2, 0.25) is 0 Å². The molecule has 0 spiro atoms. The number of nitrogens with zero attached hydrogens (tertiary/aromatic N) is 4. The molecule has 0 N–H and O–H groups in total. The Labute approximate surface area is 142 Å². The Kier molecular flexibility index (Phi) is 3.57. The van der Waals surface area contributed by atoms with Gasteiger partial charge in [0.05, 0.1) is 19.3 Å². The van der Waals surface area contributed by atoms with Gasteiger partial charge >= 0.3 is 5.97 Å². The quantitative estimate of drug-likeness (QED) is 0.655. The fourth-order valence-electron chi connectivity index (χ4n) is 2.75. The third-order valence-electron chi connectivity index (χ3n) is 3.94. The minimum absolute atomic E-state index is 0.0455. The van der Waals surface area contributed by atoms with Gasteiger partial charge in [0.15, 0.2) is 0 Å². The van der Waals surface area contributed by atoms with E-state index in [-0.39, 0.29) is 18.1 Å². The summed E-state index contributed by atoms with van der Waals surface area (Å²) in [6.07, 6.45) is 4.08. The number of imidazole rings is 1. The third-order valence-corrected chi connectivity index (χ3v) is 3.94. The fraction of sp³-hybridized carbons (Fsp3) is 0.176. The Morgan fingerprint density at radius 2 is 2.12 bits per heavy atom. The van der Waals surface area contributed by atoms with Gasteiger partial charge in [-0.15, -0.1) is 0 Å². The number of methoxy groups -OCH3 is 1. The van der Waals surface area contributed by atoms with Crippen LogP contribution in [0, 0.1) is 0 Å². The number of aromatic nitrogens is 3. The zero-order valence-electron chi connectivity index (χ0n) is 13.3. The summed E-state index contributed by atoms with van der Waals surface area (Å²) in [4.78, 5) is 34.8. The molecule has 0 radical (unpaired) electrons. The van der Waals surface area contributed by atoms with Crippen LogP contribution in [0.1, 0.15) is 10.5 Å². The Balaban J connectivity index is 1.74. The molecule has 0 saturated heterocycles. The second-order valence-electron chi connectivity index (χ2n) is 5.47. The van der Waals surface area contributed by atoms with Crippen molar-refractivity contribution in [3.63, 3.8) is 0 Å². The van der Waals surface area contributed by atoms with Gasteiger partial charge in [-0.3, -0.25) is 14.1 Å². The van der Waals surface area contributed by atoms with Crippen molar-refractivity contribution >= 4 is 23.3 Å². The van der Waals surface area contributed by atoms with E-state index in [1.807, 2.05) is 0 Å². The molecule has 8 nitrogen and oxygen atoms in total. The zero-order valence-corrected chi connectivity index (χ0v) is 13.3. The van der Waals surface area contributed by atoms with Crippen molar-refractivity contribution in [2.24, 2.45) is 0 Å². The molecule has 4 rings (SSSR count). The summed E-state index contributed by atoms with van der Waals surface area (Å²) in [6, 6.07) is 8.78. The predicted octanol–water partition coefficient (Wildman–Crippen LogP) is 1.31. The first-order valence-corrected chi connectivity index (χ1v) is 7.62. The summed E-state index contributed by atoms with van der Waals surface area (Å²) in [5, 5.41) is 0. The highest BCUT2D eigenvalue weighted by molar-refractivity contribution is 6.06. The lowest BCUT2D eigenvalue weighted by atomic mass is 10.1. The monoisotopic (exact) mass is 338 g/mol. The van der Waals surface area contributed by atoms with Crippen LogP contribution < -0.4 is 9.64 Å². The van der Waals surface area contributed by atoms with E-state index >= 15 is 0 Å². The molecule has 3 aromatic rings. The Morgan fingerprint density at radius 3 is 2.92 bits per heavy atom. The molecule has 0 bridgehead atoms. The first kappa shape index (κ1) is 15.1. The average Bonchev–Trinajstić information content (AvgIpc) is 3.10. The van der Waals surface area contributed by atoms with E-state index in [1.54, 1.807) is 53.3 Å². The largest absolute Gasteiger partial charge is 0.475 e. The Bertz CT molecular complexity index is 935. The summed E-state index contributed by atoms with van der Waals surface area (Å²) < 4.78 is 12.1. The minimum atomic E-state index is -0.890. The summed E-state index contributed by atoms with van der Waals surface area (Å²) in [7, 11) is 1.28. The lowest BCUT2D eigenvalue weighted by Crippen LogP contribution is -2.47. The van der Waals surface area contributed by atoms with E-state index in [2.05, 4.69) is 9.97 Å². The second-order valence-corrected chi connectivity index (χ2v) is 5.47. The molecule has 3 heterocycles. The number of fused-ring (bicyclic) bond motifs is 2. The van der Waals surface area contributed by atoms with Gasteiger partial charge in [0, 0.05) is 18.6 Å². The molecule has 1 aliphatic heterocycles. The van der Waals surface area contributed by atoms with E-state index in [4.69, 9.17) is 9.47 Å². The van der Waals surface area contributed by atoms with Crippen molar-refractivity contribution in [2.75, 3.05) is 18.6 Å². The number of hydrogen-bond donors (Lipinski definition) is 0. The maximum atomic E-state index is 13.0. The first-order chi connectivity index (χ1) is 12.2. The van der Waals surface area contributed by atoms with Gasteiger partial charge in [0.1, 0.15) is 11.4 Å². The van der Waals surface area contributed by atoms with Crippen LogP contribution in [0.25, 0.3) is 5.78 Å². The molecular formula is C17H14N4O4. The smallest absolute Gasteiger partial charge is 0.348 e. The number of rotatable bonds is 2. The average molecular weight is 338 g/mol. The molecule has 0 aliphatic carbocycles. The van der Waals surface area contributed by atoms with Gasteiger partial charge in [0.25, 0.3) is 5.91 Å². The molecule has 1 amide bonds. The predicted molar refractivity (Wildman–Crippen MR) is 87.5 cm³/mol.